The summed E-state index contributed by atoms with van der Waals surface area (Å²) in [5.41, 5.74) is 1.57. The van der Waals surface area contributed by atoms with Gasteiger partial charge < -0.3 is 14.2 Å². The van der Waals surface area contributed by atoms with Gasteiger partial charge in [0.2, 0.25) is 10.0 Å². The van der Waals surface area contributed by atoms with Crippen molar-refractivity contribution in [3.8, 4) is 17.2 Å². The van der Waals surface area contributed by atoms with Crippen LogP contribution in [0.15, 0.2) is 35.2 Å². The highest BCUT2D eigenvalue weighted by atomic mass is 32.2. The number of hydrogen-bond donors (Lipinski definition) is 1. The summed E-state index contributed by atoms with van der Waals surface area (Å²) in [6.45, 7) is 7.44. The molecule has 1 heterocycles. The van der Waals surface area contributed by atoms with Crippen molar-refractivity contribution in [1.82, 2.24) is 4.72 Å². The first-order chi connectivity index (χ1) is 13.1. The van der Waals surface area contributed by atoms with Gasteiger partial charge in [-0.1, -0.05) is 6.07 Å². The number of hydrogen-bond acceptors (Lipinski definition) is 5. The molecule has 0 fully saturated rings. The molecule has 3 rings (SSSR count). The lowest BCUT2D eigenvalue weighted by molar-refractivity contribution is 0.0699. The van der Waals surface area contributed by atoms with E-state index in [-0.39, 0.29) is 4.90 Å². The molecule has 0 radical (unpaired) electrons. The van der Waals surface area contributed by atoms with Gasteiger partial charge in [-0.05, 0) is 57.0 Å². The highest BCUT2D eigenvalue weighted by Crippen LogP contribution is 2.42. The Morgan fingerprint density at radius 1 is 1.04 bits per heavy atom. The molecule has 152 valence electrons. The molecule has 0 spiro atoms. The lowest BCUT2D eigenvalue weighted by Crippen LogP contribution is -2.41. The topological polar surface area (TPSA) is 73.9 Å². The van der Waals surface area contributed by atoms with E-state index in [1.165, 1.54) is 0 Å². The lowest BCUT2D eigenvalue weighted by Gasteiger charge is -2.38. The van der Waals surface area contributed by atoms with Gasteiger partial charge in [0.1, 0.15) is 22.8 Å². The third-order valence-corrected chi connectivity index (χ3v) is 6.69. The second-order valence-corrected chi connectivity index (χ2v) is 9.38. The molecule has 6 nitrogen and oxygen atoms in total. The van der Waals surface area contributed by atoms with Gasteiger partial charge in [-0.25, -0.2) is 13.1 Å². The standard InChI is InChI=1S/C21H27NO5S/c1-13-9-16(26-6)10-14(2)20(13)28(23,24)22-18-12-21(3,4)27-19-11-15(25-5)7-8-17(18)19/h7-11,18,22H,12H2,1-6H3. The van der Waals surface area contributed by atoms with Crippen LogP contribution in [0.5, 0.6) is 17.2 Å². The molecule has 0 amide bonds. The summed E-state index contributed by atoms with van der Waals surface area (Å²) in [4.78, 5) is 0.285. The predicted octanol–water partition coefficient (Wildman–Crippen LogP) is 3.90. The molecule has 7 heteroatoms. The van der Waals surface area contributed by atoms with Gasteiger partial charge >= 0.3 is 0 Å². The molecule has 0 bridgehead atoms. The van der Waals surface area contributed by atoms with Crippen molar-refractivity contribution in [1.29, 1.82) is 0 Å². The van der Waals surface area contributed by atoms with Crippen molar-refractivity contribution in [2.24, 2.45) is 0 Å². The first kappa shape index (κ1) is 20.5. The van der Waals surface area contributed by atoms with Crippen molar-refractivity contribution in [2.45, 2.75) is 50.7 Å². The molecule has 1 atom stereocenters. The normalized spacial score (nSPS) is 18.1. The monoisotopic (exact) mass is 405 g/mol. The smallest absolute Gasteiger partial charge is 0.241 e. The Hall–Kier alpha value is -2.25. The summed E-state index contributed by atoms with van der Waals surface area (Å²) in [7, 11) is -0.593. The molecular formula is C21H27NO5S. The van der Waals surface area contributed by atoms with E-state index in [0.717, 1.165) is 5.56 Å². The Labute approximate surface area is 166 Å². The van der Waals surface area contributed by atoms with Gasteiger partial charge in [0.05, 0.1) is 25.2 Å². The molecule has 0 saturated heterocycles. The number of benzene rings is 2. The molecule has 1 unspecified atom stereocenters. The zero-order valence-electron chi connectivity index (χ0n) is 17.1. The fraction of sp³-hybridized carbons (Fsp3) is 0.429. The van der Waals surface area contributed by atoms with Crippen LogP contribution in [-0.4, -0.2) is 28.2 Å². The van der Waals surface area contributed by atoms with Crippen LogP contribution < -0.4 is 18.9 Å². The van der Waals surface area contributed by atoms with Crippen molar-refractivity contribution in [2.75, 3.05) is 14.2 Å². The van der Waals surface area contributed by atoms with E-state index in [9.17, 15) is 8.42 Å². The van der Waals surface area contributed by atoms with Crippen molar-refractivity contribution in [3.63, 3.8) is 0 Å². The Morgan fingerprint density at radius 2 is 1.64 bits per heavy atom. The number of methoxy groups -OCH3 is 2. The van der Waals surface area contributed by atoms with Crippen LogP contribution in [-0.2, 0) is 10.0 Å². The number of aryl methyl sites for hydroxylation is 2. The minimum atomic E-state index is -3.75. The van der Waals surface area contributed by atoms with E-state index in [2.05, 4.69) is 4.72 Å². The van der Waals surface area contributed by atoms with Crippen LogP contribution in [0.25, 0.3) is 0 Å². The molecule has 1 aliphatic heterocycles. The molecule has 0 aromatic heterocycles. The van der Waals surface area contributed by atoms with Gasteiger partial charge in [-0.2, -0.15) is 0 Å². The summed E-state index contributed by atoms with van der Waals surface area (Å²) in [6, 6.07) is 8.51. The largest absolute Gasteiger partial charge is 0.497 e. The Balaban J connectivity index is 2.01. The average molecular weight is 406 g/mol. The number of fused-ring (bicyclic) bond motifs is 1. The van der Waals surface area contributed by atoms with Crippen LogP contribution >= 0.6 is 0 Å². The highest BCUT2D eigenvalue weighted by molar-refractivity contribution is 7.89. The fourth-order valence-electron chi connectivity index (χ4n) is 3.76. The highest BCUT2D eigenvalue weighted by Gasteiger charge is 2.37. The van der Waals surface area contributed by atoms with Gasteiger partial charge in [-0.3, -0.25) is 0 Å². The molecule has 28 heavy (non-hydrogen) atoms. The van der Waals surface area contributed by atoms with E-state index < -0.39 is 21.7 Å². The first-order valence-electron chi connectivity index (χ1n) is 9.11. The van der Waals surface area contributed by atoms with Gasteiger partial charge in [-0.15, -0.1) is 0 Å². The van der Waals surface area contributed by atoms with Crippen LogP contribution in [0, 0.1) is 13.8 Å². The van der Waals surface area contributed by atoms with E-state index in [4.69, 9.17) is 14.2 Å². The molecule has 0 aliphatic carbocycles. The maximum Gasteiger partial charge on any atom is 0.241 e. The number of nitrogens with one attached hydrogen (secondary N) is 1. The third-order valence-electron chi connectivity index (χ3n) is 4.91. The van der Waals surface area contributed by atoms with E-state index >= 15 is 0 Å². The number of sulfonamides is 1. The predicted molar refractivity (Wildman–Crippen MR) is 108 cm³/mol. The fourth-order valence-corrected chi connectivity index (χ4v) is 5.43. The second kappa shape index (κ2) is 7.29. The van der Waals surface area contributed by atoms with Gasteiger partial charge in [0, 0.05) is 18.1 Å². The summed E-state index contributed by atoms with van der Waals surface area (Å²) in [5, 5.41) is 0. The summed E-state index contributed by atoms with van der Waals surface area (Å²) >= 11 is 0. The Kier molecular flexibility index (Phi) is 5.34. The number of rotatable bonds is 5. The quantitative estimate of drug-likeness (QED) is 0.817. The Morgan fingerprint density at radius 3 is 2.21 bits per heavy atom. The zero-order valence-corrected chi connectivity index (χ0v) is 17.9. The SMILES string of the molecule is COc1cc(C)c(S(=O)(=O)NC2CC(C)(C)Oc3cc(OC)ccc32)c(C)c1. The summed E-state index contributed by atoms with van der Waals surface area (Å²) < 4.78 is 46.0. The average Bonchev–Trinajstić information content (AvgIpc) is 2.58. The maximum atomic E-state index is 13.3. The minimum Gasteiger partial charge on any atom is -0.497 e. The van der Waals surface area contributed by atoms with Crippen LogP contribution in [0.3, 0.4) is 0 Å². The van der Waals surface area contributed by atoms with E-state index in [1.807, 2.05) is 26.0 Å². The number of ether oxygens (including phenoxy) is 3. The molecule has 2 aromatic carbocycles. The van der Waals surface area contributed by atoms with Gasteiger partial charge in [0.25, 0.3) is 0 Å². The molecule has 2 aromatic rings. The van der Waals surface area contributed by atoms with Crippen molar-refractivity contribution >= 4 is 10.0 Å². The lowest BCUT2D eigenvalue weighted by atomic mass is 9.90. The second-order valence-electron chi connectivity index (χ2n) is 7.73. The van der Waals surface area contributed by atoms with Crippen LogP contribution in [0.4, 0.5) is 0 Å². The molecule has 1 N–H and O–H groups in total. The third kappa shape index (κ3) is 3.95. The molecule has 1 aliphatic rings. The molecular weight excluding hydrogens is 378 g/mol. The summed E-state index contributed by atoms with van der Waals surface area (Å²) in [5.74, 6) is 1.94. The van der Waals surface area contributed by atoms with Gasteiger partial charge in [0.15, 0.2) is 0 Å². The van der Waals surface area contributed by atoms with Crippen LogP contribution in [0.2, 0.25) is 0 Å². The maximum absolute atomic E-state index is 13.3. The molecule has 0 saturated carbocycles. The van der Waals surface area contributed by atoms with Crippen molar-refractivity contribution < 1.29 is 22.6 Å². The summed E-state index contributed by atoms with van der Waals surface area (Å²) in [6.07, 6.45) is 0.514. The van der Waals surface area contributed by atoms with E-state index in [0.29, 0.717) is 34.8 Å². The van der Waals surface area contributed by atoms with Crippen molar-refractivity contribution in [3.05, 3.63) is 47.0 Å². The first-order valence-corrected chi connectivity index (χ1v) is 10.6. The van der Waals surface area contributed by atoms with Crippen LogP contribution in [0.1, 0.15) is 43.0 Å². The minimum absolute atomic E-state index is 0.285. The zero-order chi connectivity index (χ0) is 20.7. The Bertz CT molecular complexity index is 975. The van der Waals surface area contributed by atoms with E-state index in [1.54, 1.807) is 46.3 Å².